The second kappa shape index (κ2) is 7.34. The molecule has 0 saturated heterocycles. The number of benzene rings is 1. The molecule has 0 spiro atoms. The summed E-state index contributed by atoms with van der Waals surface area (Å²) in [6.07, 6.45) is 2.36. The van der Waals surface area contributed by atoms with Crippen LogP contribution in [0, 0.1) is 0 Å². The van der Waals surface area contributed by atoms with Crippen molar-refractivity contribution in [2.45, 2.75) is 45.3 Å². The van der Waals surface area contributed by atoms with E-state index in [4.69, 9.17) is 0 Å². The highest BCUT2D eigenvalue weighted by molar-refractivity contribution is 5.26. The van der Waals surface area contributed by atoms with Gasteiger partial charge in [0.15, 0.2) is 0 Å². The summed E-state index contributed by atoms with van der Waals surface area (Å²) in [5.74, 6) is 0.530. The standard InChI is InChI=1S/C16H25NO/c1-5-6-13(4)17-11-16(18)15-9-7-14(8-10-15)12(2)3/h5,7-10,12-13,16-18H,1,6,11H2,2-4H3. The summed E-state index contributed by atoms with van der Waals surface area (Å²) < 4.78 is 0. The van der Waals surface area contributed by atoms with E-state index in [1.165, 1.54) is 5.56 Å². The summed E-state index contributed by atoms with van der Waals surface area (Å²) >= 11 is 0. The average Bonchev–Trinajstić information content (AvgIpc) is 2.36. The predicted molar refractivity (Wildman–Crippen MR) is 77.8 cm³/mol. The van der Waals surface area contributed by atoms with Gasteiger partial charge in [-0.05, 0) is 30.4 Å². The molecule has 2 nitrogen and oxygen atoms in total. The Morgan fingerprint density at radius 3 is 2.22 bits per heavy atom. The minimum absolute atomic E-state index is 0.354. The highest BCUT2D eigenvalue weighted by atomic mass is 16.3. The summed E-state index contributed by atoms with van der Waals surface area (Å²) in [7, 11) is 0. The molecular formula is C16H25NO. The normalized spacial score (nSPS) is 14.5. The first-order valence-corrected chi connectivity index (χ1v) is 6.66. The Hall–Kier alpha value is -1.12. The molecule has 0 amide bonds. The largest absolute Gasteiger partial charge is 0.387 e. The summed E-state index contributed by atoms with van der Waals surface area (Å²) in [4.78, 5) is 0. The molecule has 0 saturated carbocycles. The highest BCUT2D eigenvalue weighted by Gasteiger charge is 2.09. The van der Waals surface area contributed by atoms with E-state index >= 15 is 0 Å². The predicted octanol–water partition coefficient (Wildman–Crippen LogP) is 3.40. The molecule has 100 valence electrons. The van der Waals surface area contributed by atoms with Crippen LogP contribution in [0.2, 0.25) is 0 Å². The molecule has 0 aromatic heterocycles. The molecule has 1 rings (SSSR count). The van der Waals surface area contributed by atoms with Gasteiger partial charge in [0, 0.05) is 12.6 Å². The van der Waals surface area contributed by atoms with Gasteiger partial charge in [0.1, 0.15) is 0 Å². The summed E-state index contributed by atoms with van der Waals surface area (Å²) in [5, 5.41) is 13.4. The van der Waals surface area contributed by atoms with E-state index in [2.05, 4.69) is 44.8 Å². The Balaban J connectivity index is 2.51. The fraction of sp³-hybridized carbons (Fsp3) is 0.500. The van der Waals surface area contributed by atoms with Gasteiger partial charge in [-0.2, -0.15) is 0 Å². The van der Waals surface area contributed by atoms with Gasteiger partial charge in [0.2, 0.25) is 0 Å². The minimum Gasteiger partial charge on any atom is -0.387 e. The van der Waals surface area contributed by atoms with E-state index in [1.54, 1.807) is 0 Å². The zero-order valence-corrected chi connectivity index (χ0v) is 11.7. The molecule has 0 aliphatic carbocycles. The van der Waals surface area contributed by atoms with Gasteiger partial charge in [-0.3, -0.25) is 0 Å². The van der Waals surface area contributed by atoms with Gasteiger partial charge in [0.25, 0.3) is 0 Å². The van der Waals surface area contributed by atoms with Crippen LogP contribution in [0.4, 0.5) is 0 Å². The lowest BCUT2D eigenvalue weighted by Crippen LogP contribution is -2.29. The third-order valence-corrected chi connectivity index (χ3v) is 3.17. The van der Waals surface area contributed by atoms with Crippen LogP contribution in [-0.4, -0.2) is 17.7 Å². The van der Waals surface area contributed by atoms with E-state index in [0.717, 1.165) is 12.0 Å². The van der Waals surface area contributed by atoms with Crippen molar-refractivity contribution in [3.05, 3.63) is 48.0 Å². The van der Waals surface area contributed by atoms with E-state index in [1.807, 2.05) is 18.2 Å². The molecule has 1 aromatic rings. The number of aliphatic hydroxyl groups excluding tert-OH is 1. The van der Waals surface area contributed by atoms with Gasteiger partial charge in [-0.1, -0.05) is 44.2 Å². The maximum atomic E-state index is 10.1. The maximum Gasteiger partial charge on any atom is 0.0914 e. The van der Waals surface area contributed by atoms with Crippen LogP contribution < -0.4 is 5.32 Å². The zero-order chi connectivity index (χ0) is 13.5. The van der Waals surface area contributed by atoms with Crippen LogP contribution in [0.1, 0.15) is 50.3 Å². The summed E-state index contributed by atoms with van der Waals surface area (Å²) in [6.45, 7) is 10.7. The van der Waals surface area contributed by atoms with Crippen LogP contribution in [0.5, 0.6) is 0 Å². The maximum absolute atomic E-state index is 10.1. The lowest BCUT2D eigenvalue weighted by molar-refractivity contribution is 0.171. The second-order valence-electron chi connectivity index (χ2n) is 5.17. The van der Waals surface area contributed by atoms with E-state index in [0.29, 0.717) is 18.5 Å². The van der Waals surface area contributed by atoms with Crippen molar-refractivity contribution in [3.8, 4) is 0 Å². The van der Waals surface area contributed by atoms with Gasteiger partial charge < -0.3 is 10.4 Å². The summed E-state index contributed by atoms with van der Waals surface area (Å²) in [5.41, 5.74) is 2.27. The first-order chi connectivity index (χ1) is 8.54. The number of hydrogen-bond donors (Lipinski definition) is 2. The Kier molecular flexibility index (Phi) is 6.10. The fourth-order valence-corrected chi connectivity index (χ4v) is 1.87. The lowest BCUT2D eigenvalue weighted by Gasteiger charge is -2.17. The van der Waals surface area contributed by atoms with Crippen LogP contribution >= 0.6 is 0 Å². The van der Waals surface area contributed by atoms with Crippen LogP contribution in [0.25, 0.3) is 0 Å². The second-order valence-corrected chi connectivity index (χ2v) is 5.17. The topological polar surface area (TPSA) is 32.3 Å². The molecule has 0 aliphatic rings. The zero-order valence-electron chi connectivity index (χ0n) is 11.7. The van der Waals surface area contributed by atoms with Crippen molar-refractivity contribution in [2.75, 3.05) is 6.54 Å². The molecule has 2 heteroatoms. The smallest absolute Gasteiger partial charge is 0.0914 e. The summed E-state index contributed by atoms with van der Waals surface area (Å²) in [6, 6.07) is 8.57. The first kappa shape index (κ1) is 14.9. The average molecular weight is 247 g/mol. The Labute approximate surface area is 111 Å². The lowest BCUT2D eigenvalue weighted by atomic mass is 10.00. The number of rotatable bonds is 7. The van der Waals surface area contributed by atoms with Crippen molar-refractivity contribution in [1.29, 1.82) is 0 Å². The Morgan fingerprint density at radius 2 is 1.72 bits per heavy atom. The molecular weight excluding hydrogens is 222 g/mol. The van der Waals surface area contributed by atoms with Crippen molar-refractivity contribution < 1.29 is 5.11 Å². The first-order valence-electron chi connectivity index (χ1n) is 6.66. The Bertz CT molecular complexity index is 356. The third-order valence-electron chi connectivity index (χ3n) is 3.17. The van der Waals surface area contributed by atoms with Crippen molar-refractivity contribution >= 4 is 0 Å². The van der Waals surface area contributed by atoms with Crippen molar-refractivity contribution in [2.24, 2.45) is 0 Å². The van der Waals surface area contributed by atoms with Gasteiger partial charge in [-0.25, -0.2) is 0 Å². The fourth-order valence-electron chi connectivity index (χ4n) is 1.87. The highest BCUT2D eigenvalue weighted by Crippen LogP contribution is 2.18. The van der Waals surface area contributed by atoms with E-state index in [-0.39, 0.29) is 0 Å². The molecule has 0 bridgehead atoms. The molecule has 0 radical (unpaired) electrons. The quantitative estimate of drug-likeness (QED) is 0.724. The van der Waals surface area contributed by atoms with Crippen LogP contribution in [-0.2, 0) is 0 Å². The SMILES string of the molecule is C=CCC(C)NCC(O)c1ccc(C(C)C)cc1. The van der Waals surface area contributed by atoms with Gasteiger partial charge in [-0.15, -0.1) is 6.58 Å². The third kappa shape index (κ3) is 4.63. The number of aliphatic hydroxyl groups is 1. The van der Waals surface area contributed by atoms with Crippen LogP contribution in [0.15, 0.2) is 36.9 Å². The van der Waals surface area contributed by atoms with Gasteiger partial charge >= 0.3 is 0 Å². The van der Waals surface area contributed by atoms with E-state index < -0.39 is 6.10 Å². The molecule has 2 atom stereocenters. The molecule has 2 N–H and O–H groups in total. The number of nitrogens with one attached hydrogen (secondary N) is 1. The molecule has 0 fully saturated rings. The minimum atomic E-state index is -0.446. The Morgan fingerprint density at radius 1 is 1.17 bits per heavy atom. The number of hydrogen-bond acceptors (Lipinski definition) is 2. The molecule has 1 aromatic carbocycles. The molecule has 2 unspecified atom stereocenters. The van der Waals surface area contributed by atoms with Crippen molar-refractivity contribution in [3.63, 3.8) is 0 Å². The molecule has 0 aliphatic heterocycles. The van der Waals surface area contributed by atoms with Crippen LogP contribution in [0.3, 0.4) is 0 Å². The monoisotopic (exact) mass is 247 g/mol. The van der Waals surface area contributed by atoms with Gasteiger partial charge in [0.05, 0.1) is 6.10 Å². The molecule has 18 heavy (non-hydrogen) atoms. The van der Waals surface area contributed by atoms with Crippen molar-refractivity contribution in [1.82, 2.24) is 5.32 Å². The van der Waals surface area contributed by atoms with E-state index in [9.17, 15) is 5.11 Å². The molecule has 0 heterocycles.